The first-order valence-corrected chi connectivity index (χ1v) is 7.31. The molecular weight excluding hydrogens is 246 g/mol. The smallest absolute Gasteiger partial charge is 0.379 e. The zero-order valence-electron chi connectivity index (χ0n) is 10.4. The Kier molecular flexibility index (Phi) is 10.8. The molecule has 17 heavy (non-hydrogen) atoms. The normalized spacial score (nSPS) is 11.9. The van der Waals surface area contributed by atoms with Crippen molar-refractivity contribution in [3.8, 4) is 0 Å². The van der Waals surface area contributed by atoms with Crippen LogP contribution < -0.4 is 5.90 Å². The van der Waals surface area contributed by atoms with Gasteiger partial charge in [-0.2, -0.15) is 18.6 Å². The first-order chi connectivity index (χ1) is 8.12. The van der Waals surface area contributed by atoms with E-state index in [0.717, 1.165) is 12.8 Å². The maximum Gasteiger partial charge on any atom is 0.415 e. The molecule has 0 amide bonds. The molecule has 0 unspecified atom stereocenters. The zero-order valence-corrected chi connectivity index (χ0v) is 11.2. The van der Waals surface area contributed by atoms with E-state index in [1.165, 1.54) is 25.7 Å². The molecule has 0 bridgehead atoms. The Bertz CT molecular complexity index is 255. The summed E-state index contributed by atoms with van der Waals surface area (Å²) in [5.74, 6) is 4.47. The number of nitrogens with two attached hydrogens (primary N) is 1. The fraction of sp³-hybridized carbons (Fsp3) is 1.00. The van der Waals surface area contributed by atoms with Gasteiger partial charge in [-0.1, -0.05) is 39.0 Å². The number of unbranched alkanes of at least 4 members (excludes halogenated alkanes) is 5. The van der Waals surface area contributed by atoms with E-state index >= 15 is 0 Å². The molecule has 0 aromatic heterocycles. The average molecular weight is 269 g/mol. The average Bonchev–Trinajstić information content (AvgIpc) is 2.31. The third kappa shape index (κ3) is 12.0. The summed E-state index contributed by atoms with van der Waals surface area (Å²) in [5.41, 5.74) is 0. The molecule has 104 valence electrons. The molecule has 0 fully saturated rings. The van der Waals surface area contributed by atoms with Crippen molar-refractivity contribution in [1.82, 2.24) is 0 Å². The summed E-state index contributed by atoms with van der Waals surface area (Å²) in [7, 11) is -4.03. The quantitative estimate of drug-likeness (QED) is 0.427. The molecule has 0 atom stereocenters. The molecule has 0 aliphatic rings. The number of hydrogen-bond acceptors (Lipinski definition) is 6. The minimum atomic E-state index is -4.03. The lowest BCUT2D eigenvalue weighted by atomic mass is 10.1. The summed E-state index contributed by atoms with van der Waals surface area (Å²) in [6.45, 7) is 2.95. The van der Waals surface area contributed by atoms with E-state index in [4.69, 9.17) is 4.74 Å². The second kappa shape index (κ2) is 10.9. The molecule has 0 aliphatic carbocycles. The van der Waals surface area contributed by atoms with E-state index in [-0.39, 0.29) is 13.2 Å². The molecule has 0 aliphatic heterocycles. The highest BCUT2D eigenvalue weighted by molar-refractivity contribution is 7.81. The zero-order chi connectivity index (χ0) is 13.0. The highest BCUT2D eigenvalue weighted by atomic mass is 32.3. The van der Waals surface area contributed by atoms with Crippen molar-refractivity contribution in [2.24, 2.45) is 5.90 Å². The molecule has 6 nitrogen and oxygen atoms in total. The van der Waals surface area contributed by atoms with Gasteiger partial charge in [-0.25, -0.2) is 4.18 Å². The van der Waals surface area contributed by atoms with E-state index in [0.29, 0.717) is 6.61 Å². The molecular formula is C10H23NO5S. The van der Waals surface area contributed by atoms with Gasteiger partial charge in [-0.05, 0) is 6.42 Å². The Labute approximate surface area is 104 Å². The van der Waals surface area contributed by atoms with Gasteiger partial charge in [0.2, 0.25) is 0 Å². The summed E-state index contributed by atoms with van der Waals surface area (Å²) in [6, 6.07) is 0. The lowest BCUT2D eigenvalue weighted by molar-refractivity contribution is 0.0908. The van der Waals surface area contributed by atoms with Crippen molar-refractivity contribution < 1.29 is 21.6 Å². The summed E-state index contributed by atoms with van der Waals surface area (Å²) >= 11 is 0. The predicted molar refractivity (Wildman–Crippen MR) is 64.3 cm³/mol. The van der Waals surface area contributed by atoms with Gasteiger partial charge < -0.3 is 4.74 Å². The summed E-state index contributed by atoms with van der Waals surface area (Å²) in [4.78, 5) is 0. The predicted octanol–water partition coefficient (Wildman–Crippen LogP) is 1.52. The fourth-order valence-electron chi connectivity index (χ4n) is 1.31. The van der Waals surface area contributed by atoms with Gasteiger partial charge in [-0.3, -0.25) is 0 Å². The SMILES string of the molecule is CCCCCCCCOCCOS(=O)(=O)ON. The van der Waals surface area contributed by atoms with Gasteiger partial charge in [0.25, 0.3) is 0 Å². The van der Waals surface area contributed by atoms with Crippen LogP contribution in [0.2, 0.25) is 0 Å². The highest BCUT2D eigenvalue weighted by Gasteiger charge is 2.08. The number of ether oxygens (including phenoxy) is 1. The molecule has 0 saturated carbocycles. The monoisotopic (exact) mass is 269 g/mol. The summed E-state index contributed by atoms with van der Waals surface area (Å²) in [6.07, 6.45) is 7.15. The molecule has 2 N–H and O–H groups in total. The van der Waals surface area contributed by atoms with E-state index in [9.17, 15) is 8.42 Å². The molecule has 7 heteroatoms. The van der Waals surface area contributed by atoms with Crippen LogP contribution in [-0.2, 0) is 23.6 Å². The molecule has 0 saturated heterocycles. The molecule has 0 spiro atoms. The first-order valence-electron chi connectivity index (χ1n) is 5.98. The van der Waals surface area contributed by atoms with Crippen molar-refractivity contribution in [2.45, 2.75) is 45.4 Å². The Balaban J connectivity index is 3.14. The van der Waals surface area contributed by atoms with Crippen LogP contribution in [0.25, 0.3) is 0 Å². The van der Waals surface area contributed by atoms with Crippen LogP contribution in [0.15, 0.2) is 0 Å². The van der Waals surface area contributed by atoms with E-state index < -0.39 is 10.4 Å². The Morgan fingerprint density at radius 1 is 0.941 bits per heavy atom. The number of rotatable bonds is 12. The second-order valence-corrected chi connectivity index (χ2v) is 4.95. The largest absolute Gasteiger partial charge is 0.415 e. The fourth-order valence-corrected chi connectivity index (χ4v) is 1.64. The van der Waals surface area contributed by atoms with E-state index in [2.05, 4.69) is 21.3 Å². The molecule has 0 aromatic carbocycles. The maximum absolute atomic E-state index is 10.6. The van der Waals surface area contributed by atoms with Gasteiger partial charge in [-0.15, -0.1) is 0 Å². The first kappa shape index (κ1) is 16.8. The van der Waals surface area contributed by atoms with Crippen molar-refractivity contribution in [3.63, 3.8) is 0 Å². The van der Waals surface area contributed by atoms with Gasteiger partial charge >= 0.3 is 10.4 Å². The lowest BCUT2D eigenvalue weighted by Crippen LogP contribution is -2.17. The summed E-state index contributed by atoms with van der Waals surface area (Å²) in [5, 5.41) is 0. The molecule has 0 radical (unpaired) electrons. The van der Waals surface area contributed by atoms with Crippen LogP contribution >= 0.6 is 0 Å². The molecule has 0 rings (SSSR count). The van der Waals surface area contributed by atoms with Crippen molar-refractivity contribution in [3.05, 3.63) is 0 Å². The third-order valence-electron chi connectivity index (χ3n) is 2.22. The van der Waals surface area contributed by atoms with E-state index in [1.807, 2.05) is 0 Å². The molecule has 0 aromatic rings. The van der Waals surface area contributed by atoms with Gasteiger partial charge in [0.15, 0.2) is 0 Å². The van der Waals surface area contributed by atoms with E-state index in [1.54, 1.807) is 0 Å². The van der Waals surface area contributed by atoms with Crippen molar-refractivity contribution >= 4 is 10.4 Å². The summed E-state index contributed by atoms with van der Waals surface area (Å²) < 4.78 is 34.4. The Hall–Kier alpha value is -0.210. The Morgan fingerprint density at radius 3 is 2.24 bits per heavy atom. The third-order valence-corrected chi connectivity index (χ3v) is 2.91. The maximum atomic E-state index is 10.6. The minimum Gasteiger partial charge on any atom is -0.379 e. The van der Waals surface area contributed by atoms with Crippen LogP contribution in [0.3, 0.4) is 0 Å². The Morgan fingerprint density at radius 2 is 1.59 bits per heavy atom. The van der Waals surface area contributed by atoms with Gasteiger partial charge in [0, 0.05) is 6.61 Å². The van der Waals surface area contributed by atoms with Crippen LogP contribution in [0.5, 0.6) is 0 Å². The second-order valence-electron chi connectivity index (χ2n) is 3.71. The van der Waals surface area contributed by atoms with Gasteiger partial charge in [0.1, 0.15) is 0 Å². The van der Waals surface area contributed by atoms with Gasteiger partial charge in [0.05, 0.1) is 13.2 Å². The number of hydrogen-bond donors (Lipinski definition) is 1. The van der Waals surface area contributed by atoms with Crippen LogP contribution in [0.1, 0.15) is 45.4 Å². The molecule has 0 heterocycles. The van der Waals surface area contributed by atoms with Crippen LogP contribution in [-0.4, -0.2) is 28.2 Å². The highest BCUT2D eigenvalue weighted by Crippen LogP contribution is 2.04. The topological polar surface area (TPSA) is 87.8 Å². The minimum absolute atomic E-state index is 0.0740. The van der Waals surface area contributed by atoms with Crippen LogP contribution in [0.4, 0.5) is 0 Å². The van der Waals surface area contributed by atoms with Crippen molar-refractivity contribution in [1.29, 1.82) is 0 Å². The lowest BCUT2D eigenvalue weighted by Gasteiger charge is -2.04. The van der Waals surface area contributed by atoms with Crippen molar-refractivity contribution in [2.75, 3.05) is 19.8 Å². The standard InChI is InChI=1S/C10H23NO5S/c1-2-3-4-5-6-7-8-14-9-10-15-17(12,13)16-11/h2-11H2,1H3. The van der Waals surface area contributed by atoms with Crippen LogP contribution in [0, 0.1) is 0 Å².